The zero-order valence-electron chi connectivity index (χ0n) is 12.6. The van der Waals surface area contributed by atoms with Crippen molar-refractivity contribution in [3.8, 4) is 5.75 Å². The number of hydrogen-bond donors (Lipinski definition) is 1. The number of benzene rings is 1. The third kappa shape index (κ3) is 3.40. The molecule has 0 aromatic heterocycles. The van der Waals surface area contributed by atoms with Gasteiger partial charge in [-0.05, 0) is 24.6 Å². The van der Waals surface area contributed by atoms with Crippen molar-refractivity contribution in [2.24, 2.45) is 11.8 Å². The molecule has 1 aliphatic heterocycles. The highest BCUT2D eigenvalue weighted by molar-refractivity contribution is 5.95. The van der Waals surface area contributed by atoms with Gasteiger partial charge in [0.15, 0.2) is 0 Å². The number of aliphatic carboxylic acids is 1. The molecule has 1 saturated heterocycles. The normalized spacial score (nSPS) is 21.3. The third-order valence-corrected chi connectivity index (χ3v) is 4.00. The van der Waals surface area contributed by atoms with Crippen LogP contribution in [0.25, 0.3) is 0 Å². The summed E-state index contributed by atoms with van der Waals surface area (Å²) in [6, 6.07) is 4.54. The summed E-state index contributed by atoms with van der Waals surface area (Å²) >= 11 is 0. The van der Waals surface area contributed by atoms with Crippen LogP contribution in [-0.4, -0.2) is 48.3 Å². The first-order chi connectivity index (χ1) is 10.6. The lowest BCUT2D eigenvalue weighted by atomic mass is 9.96. The van der Waals surface area contributed by atoms with Crippen molar-refractivity contribution in [2.75, 3.05) is 20.2 Å². The molecule has 0 bridgehead atoms. The summed E-state index contributed by atoms with van der Waals surface area (Å²) in [5.74, 6) is -5.45. The SMILES string of the molecule is COc1cc(C(=O)N2C[C@@H](C(F)(F)F)[C@H](C(=O)O)C2)ccc1C. The van der Waals surface area contributed by atoms with Gasteiger partial charge in [0.25, 0.3) is 5.91 Å². The first kappa shape index (κ1) is 17.1. The molecule has 1 N–H and O–H groups in total. The summed E-state index contributed by atoms with van der Waals surface area (Å²) in [5.41, 5.74) is 0.946. The lowest BCUT2D eigenvalue weighted by Crippen LogP contribution is -2.34. The van der Waals surface area contributed by atoms with E-state index in [-0.39, 0.29) is 5.56 Å². The van der Waals surface area contributed by atoms with Crippen LogP contribution >= 0.6 is 0 Å². The van der Waals surface area contributed by atoms with Gasteiger partial charge in [0.1, 0.15) is 5.75 Å². The van der Waals surface area contributed by atoms with Crippen LogP contribution in [0.3, 0.4) is 0 Å². The Morgan fingerprint density at radius 2 is 1.96 bits per heavy atom. The zero-order chi connectivity index (χ0) is 17.4. The van der Waals surface area contributed by atoms with E-state index in [1.54, 1.807) is 13.0 Å². The van der Waals surface area contributed by atoms with Gasteiger partial charge in [-0.3, -0.25) is 9.59 Å². The maximum atomic E-state index is 13.0. The molecule has 8 heteroatoms. The van der Waals surface area contributed by atoms with Crippen LogP contribution in [0.4, 0.5) is 13.2 Å². The number of ether oxygens (including phenoxy) is 1. The number of likely N-dealkylation sites (tertiary alicyclic amines) is 1. The van der Waals surface area contributed by atoms with Crippen LogP contribution in [0.5, 0.6) is 5.75 Å². The zero-order valence-corrected chi connectivity index (χ0v) is 12.6. The van der Waals surface area contributed by atoms with E-state index < -0.39 is 43.0 Å². The molecular formula is C15H16F3NO4. The Morgan fingerprint density at radius 3 is 2.43 bits per heavy atom. The molecule has 1 heterocycles. The molecule has 5 nitrogen and oxygen atoms in total. The van der Waals surface area contributed by atoms with Gasteiger partial charge in [-0.2, -0.15) is 13.2 Å². The van der Waals surface area contributed by atoms with Crippen LogP contribution < -0.4 is 4.74 Å². The number of nitrogens with zero attached hydrogens (tertiary/aromatic N) is 1. The second kappa shape index (κ2) is 6.10. The topological polar surface area (TPSA) is 66.8 Å². The summed E-state index contributed by atoms with van der Waals surface area (Å²) in [6.45, 7) is 0.646. The summed E-state index contributed by atoms with van der Waals surface area (Å²) in [7, 11) is 1.42. The number of carbonyl (C=O) groups excluding carboxylic acids is 1. The number of aryl methyl sites for hydroxylation is 1. The fraction of sp³-hybridized carbons (Fsp3) is 0.467. The Hall–Kier alpha value is -2.25. The van der Waals surface area contributed by atoms with Gasteiger partial charge < -0.3 is 14.7 Å². The Kier molecular flexibility index (Phi) is 4.53. The molecule has 1 aromatic carbocycles. The fourth-order valence-electron chi connectivity index (χ4n) is 2.69. The van der Waals surface area contributed by atoms with Crippen molar-refractivity contribution < 1.29 is 32.6 Å². The van der Waals surface area contributed by atoms with Gasteiger partial charge in [-0.1, -0.05) is 6.07 Å². The lowest BCUT2D eigenvalue weighted by molar-refractivity contribution is -0.187. The number of amides is 1. The predicted octanol–water partition coefficient (Wildman–Crippen LogP) is 2.34. The predicted molar refractivity (Wildman–Crippen MR) is 74.3 cm³/mol. The minimum Gasteiger partial charge on any atom is -0.496 e. The van der Waals surface area contributed by atoms with Gasteiger partial charge in [0, 0.05) is 18.7 Å². The molecule has 1 amide bonds. The molecule has 23 heavy (non-hydrogen) atoms. The Morgan fingerprint density at radius 1 is 1.30 bits per heavy atom. The molecule has 0 saturated carbocycles. The molecule has 2 atom stereocenters. The van der Waals surface area contributed by atoms with Gasteiger partial charge in [-0.15, -0.1) is 0 Å². The molecule has 2 rings (SSSR count). The van der Waals surface area contributed by atoms with E-state index in [2.05, 4.69) is 0 Å². The van der Waals surface area contributed by atoms with E-state index in [0.717, 1.165) is 10.5 Å². The van der Waals surface area contributed by atoms with Gasteiger partial charge in [0.05, 0.1) is 18.9 Å². The Labute approximate surface area is 130 Å². The number of carboxylic acids is 1. The summed E-state index contributed by atoms with van der Waals surface area (Å²) in [6.07, 6.45) is -4.66. The maximum Gasteiger partial charge on any atom is 0.394 e. The van der Waals surface area contributed by atoms with E-state index in [9.17, 15) is 22.8 Å². The molecule has 1 aromatic rings. The van der Waals surface area contributed by atoms with Crippen LogP contribution in [0.2, 0.25) is 0 Å². The number of alkyl halides is 3. The average molecular weight is 331 g/mol. The molecule has 0 spiro atoms. The molecule has 1 aliphatic rings. The van der Waals surface area contributed by atoms with E-state index >= 15 is 0 Å². The largest absolute Gasteiger partial charge is 0.496 e. The van der Waals surface area contributed by atoms with Crippen molar-refractivity contribution in [1.82, 2.24) is 4.90 Å². The van der Waals surface area contributed by atoms with Crippen LogP contribution in [0.1, 0.15) is 15.9 Å². The summed E-state index contributed by atoms with van der Waals surface area (Å²) in [5, 5.41) is 8.98. The maximum absolute atomic E-state index is 13.0. The molecule has 126 valence electrons. The molecular weight excluding hydrogens is 315 g/mol. The van der Waals surface area contributed by atoms with E-state index in [4.69, 9.17) is 9.84 Å². The van der Waals surface area contributed by atoms with Crippen LogP contribution in [0, 0.1) is 18.8 Å². The monoisotopic (exact) mass is 331 g/mol. The molecule has 0 aliphatic carbocycles. The molecule has 0 radical (unpaired) electrons. The third-order valence-electron chi connectivity index (χ3n) is 4.00. The smallest absolute Gasteiger partial charge is 0.394 e. The average Bonchev–Trinajstić information content (AvgIpc) is 2.92. The minimum absolute atomic E-state index is 0.166. The quantitative estimate of drug-likeness (QED) is 0.923. The van der Waals surface area contributed by atoms with Crippen LogP contribution in [0.15, 0.2) is 18.2 Å². The number of rotatable bonds is 3. The number of methoxy groups -OCH3 is 1. The number of carbonyl (C=O) groups is 2. The second-order valence-corrected chi connectivity index (χ2v) is 5.49. The summed E-state index contributed by atoms with van der Waals surface area (Å²) in [4.78, 5) is 24.4. The standard InChI is InChI=1S/C15H16F3NO4/c1-8-3-4-9(5-12(8)23-2)13(20)19-6-10(14(21)22)11(7-19)15(16,17)18/h3-5,10-11H,6-7H2,1-2H3,(H,21,22)/t10-,11-/m1/s1. The van der Waals surface area contributed by atoms with Crippen molar-refractivity contribution >= 4 is 11.9 Å². The molecule has 0 unspecified atom stereocenters. The molecule has 1 fully saturated rings. The fourth-order valence-corrected chi connectivity index (χ4v) is 2.69. The van der Waals surface area contributed by atoms with E-state index in [0.29, 0.717) is 5.75 Å². The highest BCUT2D eigenvalue weighted by Crippen LogP contribution is 2.38. The van der Waals surface area contributed by atoms with Gasteiger partial charge >= 0.3 is 12.1 Å². The first-order valence-corrected chi connectivity index (χ1v) is 6.88. The lowest BCUT2D eigenvalue weighted by Gasteiger charge is -2.18. The van der Waals surface area contributed by atoms with Crippen molar-refractivity contribution in [3.05, 3.63) is 29.3 Å². The van der Waals surface area contributed by atoms with E-state index in [1.165, 1.54) is 19.2 Å². The second-order valence-electron chi connectivity index (χ2n) is 5.49. The number of carboxylic acid groups (broad SMARTS) is 1. The minimum atomic E-state index is -4.66. The van der Waals surface area contributed by atoms with Crippen molar-refractivity contribution in [1.29, 1.82) is 0 Å². The number of halogens is 3. The van der Waals surface area contributed by atoms with Crippen LogP contribution in [-0.2, 0) is 4.79 Å². The van der Waals surface area contributed by atoms with Gasteiger partial charge in [0.2, 0.25) is 0 Å². The highest BCUT2D eigenvalue weighted by Gasteiger charge is 2.53. The number of hydrogen-bond acceptors (Lipinski definition) is 3. The van der Waals surface area contributed by atoms with Crippen molar-refractivity contribution in [3.63, 3.8) is 0 Å². The van der Waals surface area contributed by atoms with E-state index in [1.807, 2.05) is 0 Å². The van der Waals surface area contributed by atoms with Crippen molar-refractivity contribution in [2.45, 2.75) is 13.1 Å². The highest BCUT2D eigenvalue weighted by atomic mass is 19.4. The van der Waals surface area contributed by atoms with Gasteiger partial charge in [-0.25, -0.2) is 0 Å². The Balaban J connectivity index is 2.25. The summed E-state index contributed by atoms with van der Waals surface area (Å²) < 4.78 is 44.0. The Bertz CT molecular complexity index is 630. The first-order valence-electron chi connectivity index (χ1n) is 6.88.